The normalized spacial score (nSPS) is 15.9. The maximum atomic E-state index is 13.3. The number of hydrogen-bond acceptors (Lipinski definition) is 1. The zero-order valence-electron chi connectivity index (χ0n) is 8.09. The van der Waals surface area contributed by atoms with Gasteiger partial charge in [0.2, 0.25) is 5.91 Å². The summed E-state index contributed by atoms with van der Waals surface area (Å²) in [6.07, 6.45) is 2.93. The molecule has 1 amide bonds. The Bertz CT molecular complexity index is 390. The molecule has 0 unspecified atom stereocenters. The van der Waals surface area contributed by atoms with Crippen LogP contribution in [0.4, 0.5) is 10.1 Å². The molecule has 0 heterocycles. The molecule has 0 bridgehead atoms. The lowest BCUT2D eigenvalue weighted by molar-refractivity contribution is -0.122. The summed E-state index contributed by atoms with van der Waals surface area (Å²) >= 11 is 3.24. The van der Waals surface area contributed by atoms with Crippen molar-refractivity contribution in [2.24, 2.45) is 5.92 Å². The van der Waals surface area contributed by atoms with E-state index in [9.17, 15) is 9.18 Å². The van der Waals surface area contributed by atoms with Crippen molar-refractivity contribution in [3.63, 3.8) is 0 Å². The molecular weight excluding hydrogens is 261 g/mol. The number of nitrogens with one attached hydrogen (secondary N) is 1. The van der Waals surface area contributed by atoms with Crippen LogP contribution in [0.1, 0.15) is 19.3 Å². The van der Waals surface area contributed by atoms with Gasteiger partial charge in [-0.3, -0.25) is 4.79 Å². The molecule has 1 aromatic carbocycles. The quantitative estimate of drug-likeness (QED) is 0.879. The maximum absolute atomic E-state index is 13.3. The zero-order valence-corrected chi connectivity index (χ0v) is 9.68. The van der Waals surface area contributed by atoms with E-state index in [0.717, 1.165) is 23.7 Å². The number of rotatable bonds is 2. The molecule has 15 heavy (non-hydrogen) atoms. The van der Waals surface area contributed by atoms with Crippen molar-refractivity contribution in [3.05, 3.63) is 28.5 Å². The summed E-state index contributed by atoms with van der Waals surface area (Å²) in [6, 6.07) is 4.51. The predicted molar refractivity (Wildman–Crippen MR) is 60.1 cm³/mol. The standard InChI is InChI=1S/C11H11BrFNO/c12-8-4-5-9(13)10(6-8)14-11(15)7-2-1-3-7/h4-7H,1-3H2,(H,14,15). The number of amides is 1. The first-order chi connectivity index (χ1) is 7.16. The van der Waals surface area contributed by atoms with Crippen molar-refractivity contribution in [2.45, 2.75) is 19.3 Å². The Labute approximate surface area is 96.0 Å². The van der Waals surface area contributed by atoms with Crippen LogP contribution >= 0.6 is 15.9 Å². The SMILES string of the molecule is O=C(Nc1cc(Br)ccc1F)C1CCC1. The molecule has 80 valence electrons. The molecule has 1 aliphatic rings. The van der Waals surface area contributed by atoms with E-state index in [0.29, 0.717) is 0 Å². The lowest BCUT2D eigenvalue weighted by Crippen LogP contribution is -2.28. The third-order valence-corrected chi connectivity index (χ3v) is 3.16. The highest BCUT2D eigenvalue weighted by molar-refractivity contribution is 9.10. The van der Waals surface area contributed by atoms with Gasteiger partial charge in [0.05, 0.1) is 5.69 Å². The van der Waals surface area contributed by atoms with Crippen LogP contribution in [0.15, 0.2) is 22.7 Å². The number of anilines is 1. The molecule has 1 aliphatic carbocycles. The van der Waals surface area contributed by atoms with Gasteiger partial charge < -0.3 is 5.32 Å². The van der Waals surface area contributed by atoms with Crippen molar-refractivity contribution in [2.75, 3.05) is 5.32 Å². The number of carbonyl (C=O) groups excluding carboxylic acids is 1. The van der Waals surface area contributed by atoms with Gasteiger partial charge in [0.1, 0.15) is 5.82 Å². The van der Waals surface area contributed by atoms with E-state index in [4.69, 9.17) is 0 Å². The molecule has 2 nitrogen and oxygen atoms in total. The number of carbonyl (C=O) groups is 1. The van der Waals surface area contributed by atoms with Crippen LogP contribution in [0, 0.1) is 11.7 Å². The minimum Gasteiger partial charge on any atom is -0.323 e. The molecule has 0 aromatic heterocycles. The third kappa shape index (κ3) is 2.37. The van der Waals surface area contributed by atoms with Gasteiger partial charge in [-0.05, 0) is 31.0 Å². The Hall–Kier alpha value is -0.900. The molecule has 0 radical (unpaired) electrons. The largest absolute Gasteiger partial charge is 0.323 e. The Morgan fingerprint density at radius 2 is 2.20 bits per heavy atom. The molecule has 1 N–H and O–H groups in total. The first-order valence-electron chi connectivity index (χ1n) is 4.93. The van der Waals surface area contributed by atoms with Gasteiger partial charge in [-0.25, -0.2) is 4.39 Å². The van der Waals surface area contributed by atoms with Crippen LogP contribution in [-0.4, -0.2) is 5.91 Å². The monoisotopic (exact) mass is 271 g/mol. The third-order valence-electron chi connectivity index (χ3n) is 2.66. The highest BCUT2D eigenvalue weighted by Gasteiger charge is 2.25. The smallest absolute Gasteiger partial charge is 0.227 e. The molecule has 4 heteroatoms. The summed E-state index contributed by atoms with van der Waals surface area (Å²) in [7, 11) is 0. The van der Waals surface area contributed by atoms with Crippen molar-refractivity contribution >= 4 is 27.5 Å². The van der Waals surface area contributed by atoms with Crippen LogP contribution < -0.4 is 5.32 Å². The van der Waals surface area contributed by atoms with E-state index in [1.807, 2.05) is 0 Å². The van der Waals surface area contributed by atoms with E-state index in [1.165, 1.54) is 6.07 Å². The Balaban J connectivity index is 2.09. The Morgan fingerprint density at radius 1 is 1.47 bits per heavy atom. The summed E-state index contributed by atoms with van der Waals surface area (Å²) < 4.78 is 14.0. The lowest BCUT2D eigenvalue weighted by Gasteiger charge is -2.24. The summed E-state index contributed by atoms with van der Waals surface area (Å²) in [4.78, 5) is 11.6. The molecule has 1 fully saturated rings. The molecule has 1 aromatic rings. The molecule has 0 saturated heterocycles. The van der Waals surface area contributed by atoms with Crippen LogP contribution in [0.25, 0.3) is 0 Å². The molecule has 1 saturated carbocycles. The van der Waals surface area contributed by atoms with E-state index in [2.05, 4.69) is 21.2 Å². The van der Waals surface area contributed by atoms with Crippen molar-refractivity contribution in [1.82, 2.24) is 0 Å². The van der Waals surface area contributed by atoms with E-state index >= 15 is 0 Å². The fourth-order valence-corrected chi connectivity index (χ4v) is 1.86. The topological polar surface area (TPSA) is 29.1 Å². The zero-order chi connectivity index (χ0) is 10.8. The Kier molecular flexibility index (Phi) is 3.05. The second-order valence-corrected chi connectivity index (χ2v) is 4.66. The fourth-order valence-electron chi connectivity index (χ4n) is 1.50. The average Bonchev–Trinajstić information content (AvgIpc) is 2.08. The summed E-state index contributed by atoms with van der Waals surface area (Å²) in [5.74, 6) is -0.396. The molecule has 0 aliphatic heterocycles. The van der Waals surface area contributed by atoms with E-state index in [-0.39, 0.29) is 17.5 Å². The van der Waals surface area contributed by atoms with Crippen LogP contribution in [0.3, 0.4) is 0 Å². The summed E-state index contributed by atoms with van der Waals surface area (Å²) in [6.45, 7) is 0. The highest BCUT2D eigenvalue weighted by atomic mass is 79.9. The van der Waals surface area contributed by atoms with Crippen LogP contribution in [0.2, 0.25) is 0 Å². The number of benzene rings is 1. The molecule has 0 atom stereocenters. The van der Waals surface area contributed by atoms with E-state index in [1.54, 1.807) is 12.1 Å². The van der Waals surface area contributed by atoms with Gasteiger partial charge in [-0.15, -0.1) is 0 Å². The van der Waals surface area contributed by atoms with Gasteiger partial charge in [0.25, 0.3) is 0 Å². The minimum atomic E-state index is -0.397. The fraction of sp³-hybridized carbons (Fsp3) is 0.364. The molecular formula is C11H11BrFNO. The second kappa shape index (κ2) is 4.31. The van der Waals surface area contributed by atoms with Crippen molar-refractivity contribution in [1.29, 1.82) is 0 Å². The maximum Gasteiger partial charge on any atom is 0.227 e. The lowest BCUT2D eigenvalue weighted by atomic mass is 9.85. The van der Waals surface area contributed by atoms with Gasteiger partial charge in [-0.2, -0.15) is 0 Å². The predicted octanol–water partition coefficient (Wildman–Crippen LogP) is 3.33. The van der Waals surface area contributed by atoms with Gasteiger partial charge in [-0.1, -0.05) is 22.4 Å². The minimum absolute atomic E-state index is 0.0711. The van der Waals surface area contributed by atoms with Crippen molar-refractivity contribution in [3.8, 4) is 0 Å². The van der Waals surface area contributed by atoms with Crippen molar-refractivity contribution < 1.29 is 9.18 Å². The number of hydrogen-bond donors (Lipinski definition) is 1. The van der Waals surface area contributed by atoms with Crippen LogP contribution in [-0.2, 0) is 4.79 Å². The molecule has 0 spiro atoms. The summed E-state index contributed by atoms with van der Waals surface area (Å²) in [5.41, 5.74) is 0.251. The van der Waals surface area contributed by atoms with Gasteiger partial charge >= 0.3 is 0 Å². The first kappa shape index (κ1) is 10.6. The second-order valence-electron chi connectivity index (χ2n) is 3.74. The first-order valence-corrected chi connectivity index (χ1v) is 5.72. The molecule has 2 rings (SSSR count). The van der Waals surface area contributed by atoms with Gasteiger partial charge in [0, 0.05) is 10.4 Å². The average molecular weight is 272 g/mol. The van der Waals surface area contributed by atoms with Gasteiger partial charge in [0.15, 0.2) is 0 Å². The number of halogens is 2. The van der Waals surface area contributed by atoms with Crippen LogP contribution in [0.5, 0.6) is 0 Å². The Morgan fingerprint density at radius 3 is 2.80 bits per heavy atom. The van der Waals surface area contributed by atoms with E-state index < -0.39 is 5.82 Å². The summed E-state index contributed by atoms with van der Waals surface area (Å²) in [5, 5.41) is 2.61. The highest BCUT2D eigenvalue weighted by Crippen LogP contribution is 2.28.